The van der Waals surface area contributed by atoms with Crippen molar-refractivity contribution >= 4 is 10.0 Å². The first-order valence-corrected chi connectivity index (χ1v) is 9.05. The molecular formula is C15H20N4O4S. The largest absolute Gasteiger partial charge is 0.363 e. The average Bonchev–Trinajstić information content (AvgIpc) is 3.04. The maximum absolute atomic E-state index is 12.5. The Morgan fingerprint density at radius 3 is 2.71 bits per heavy atom. The molecule has 8 nitrogen and oxygen atoms in total. The van der Waals surface area contributed by atoms with Crippen molar-refractivity contribution in [2.75, 3.05) is 27.2 Å². The fourth-order valence-electron chi connectivity index (χ4n) is 2.49. The smallest absolute Gasteiger partial charge is 0.257 e. The van der Waals surface area contributed by atoms with E-state index < -0.39 is 10.0 Å². The topological polar surface area (TPSA) is 97.6 Å². The van der Waals surface area contributed by atoms with Crippen LogP contribution in [0.3, 0.4) is 0 Å². The number of hydrogen-bond donors (Lipinski definition) is 1. The van der Waals surface area contributed by atoms with Gasteiger partial charge in [0.05, 0.1) is 11.0 Å². The van der Waals surface area contributed by atoms with Crippen LogP contribution >= 0.6 is 0 Å². The Bertz CT molecular complexity index is 818. The predicted molar refractivity (Wildman–Crippen MR) is 86.8 cm³/mol. The molecule has 1 aromatic carbocycles. The van der Waals surface area contributed by atoms with Crippen LogP contribution in [0.25, 0.3) is 11.4 Å². The Balaban J connectivity index is 1.97. The van der Waals surface area contributed by atoms with Crippen molar-refractivity contribution < 1.29 is 17.7 Å². The molecule has 1 aliphatic rings. The van der Waals surface area contributed by atoms with Crippen molar-refractivity contribution in [3.63, 3.8) is 0 Å². The third-order valence-electron chi connectivity index (χ3n) is 3.76. The van der Waals surface area contributed by atoms with Gasteiger partial charge in [-0.2, -0.15) is 4.98 Å². The molecule has 0 radical (unpaired) electrons. The molecule has 0 aliphatic carbocycles. The van der Waals surface area contributed by atoms with Crippen LogP contribution in [0.1, 0.15) is 18.9 Å². The molecule has 0 amide bonds. The highest BCUT2D eigenvalue weighted by Gasteiger charge is 2.28. The third-order valence-corrected chi connectivity index (χ3v) is 5.64. The van der Waals surface area contributed by atoms with Gasteiger partial charge in [0.25, 0.3) is 5.89 Å². The average molecular weight is 352 g/mol. The second kappa shape index (κ2) is 6.60. The molecule has 130 valence electrons. The number of benzene rings is 1. The van der Waals surface area contributed by atoms with E-state index >= 15 is 0 Å². The number of hydrogen-bond acceptors (Lipinski definition) is 7. The Kier molecular flexibility index (Phi) is 4.68. The number of nitrogens with zero attached hydrogens (tertiary/aromatic N) is 3. The van der Waals surface area contributed by atoms with E-state index in [0.29, 0.717) is 18.0 Å². The minimum Gasteiger partial charge on any atom is -0.363 e. The van der Waals surface area contributed by atoms with Crippen LogP contribution in [-0.2, 0) is 14.8 Å². The maximum atomic E-state index is 12.5. The van der Waals surface area contributed by atoms with E-state index in [1.165, 1.54) is 20.2 Å². The standard InChI is InChI=1S/C15H20N4O4S/c1-10-8-16-9-12(22-10)15-17-14(18-23-15)11-6-4-5-7-13(11)24(20,21)19(2)3/h4-7,10,12,16H,8-9H2,1-3H3/t10-,12-/m1/s1. The summed E-state index contributed by atoms with van der Waals surface area (Å²) in [6.07, 6.45) is -0.298. The molecule has 1 aromatic heterocycles. The zero-order valence-electron chi connectivity index (χ0n) is 13.8. The molecule has 2 aromatic rings. The molecule has 1 saturated heterocycles. The zero-order chi connectivity index (χ0) is 17.3. The Morgan fingerprint density at radius 1 is 1.25 bits per heavy atom. The van der Waals surface area contributed by atoms with E-state index in [1.807, 2.05) is 6.92 Å². The molecule has 0 saturated carbocycles. The van der Waals surface area contributed by atoms with Crippen molar-refractivity contribution in [2.45, 2.75) is 24.0 Å². The normalized spacial score (nSPS) is 22.0. The van der Waals surface area contributed by atoms with Gasteiger partial charge in [-0.15, -0.1) is 0 Å². The first-order chi connectivity index (χ1) is 11.4. The van der Waals surface area contributed by atoms with E-state index in [1.54, 1.807) is 18.2 Å². The van der Waals surface area contributed by atoms with Crippen LogP contribution in [0, 0.1) is 0 Å². The summed E-state index contributed by atoms with van der Waals surface area (Å²) in [5.74, 6) is 0.564. The number of rotatable bonds is 4. The van der Waals surface area contributed by atoms with Gasteiger partial charge < -0.3 is 14.6 Å². The van der Waals surface area contributed by atoms with E-state index in [-0.39, 0.29) is 22.9 Å². The van der Waals surface area contributed by atoms with Gasteiger partial charge >= 0.3 is 0 Å². The highest BCUT2D eigenvalue weighted by atomic mass is 32.2. The third kappa shape index (κ3) is 3.20. The Morgan fingerprint density at radius 2 is 2.00 bits per heavy atom. The Labute approximate surface area is 140 Å². The lowest BCUT2D eigenvalue weighted by atomic mass is 10.2. The Hall–Kier alpha value is -1.81. The van der Waals surface area contributed by atoms with Crippen LogP contribution in [0.15, 0.2) is 33.7 Å². The monoisotopic (exact) mass is 352 g/mol. The van der Waals surface area contributed by atoms with Gasteiger partial charge in [-0.1, -0.05) is 17.3 Å². The molecule has 0 bridgehead atoms. The first kappa shape index (κ1) is 17.0. The van der Waals surface area contributed by atoms with Crippen molar-refractivity contribution in [1.29, 1.82) is 0 Å². The predicted octanol–water partition coefficient (Wildman–Crippen LogP) is 1.04. The molecule has 1 aliphatic heterocycles. The molecule has 24 heavy (non-hydrogen) atoms. The minimum atomic E-state index is -3.61. The number of aromatic nitrogens is 2. The molecule has 2 atom stereocenters. The van der Waals surface area contributed by atoms with E-state index in [2.05, 4.69) is 15.5 Å². The van der Waals surface area contributed by atoms with Gasteiger partial charge in [-0.3, -0.25) is 0 Å². The summed E-state index contributed by atoms with van der Waals surface area (Å²) in [5, 5.41) is 7.17. The number of nitrogens with one attached hydrogen (secondary N) is 1. The van der Waals surface area contributed by atoms with Gasteiger partial charge in [-0.25, -0.2) is 12.7 Å². The summed E-state index contributed by atoms with van der Waals surface area (Å²) >= 11 is 0. The van der Waals surface area contributed by atoms with Crippen molar-refractivity contribution in [2.24, 2.45) is 0 Å². The fraction of sp³-hybridized carbons (Fsp3) is 0.467. The summed E-state index contributed by atoms with van der Waals surface area (Å²) in [4.78, 5) is 4.48. The van der Waals surface area contributed by atoms with Crippen LogP contribution in [0.4, 0.5) is 0 Å². The van der Waals surface area contributed by atoms with Gasteiger partial charge in [-0.05, 0) is 19.1 Å². The molecule has 1 N–H and O–H groups in total. The fourth-order valence-corrected chi connectivity index (χ4v) is 3.57. The summed E-state index contributed by atoms with van der Waals surface area (Å²) in [6, 6.07) is 6.59. The molecule has 1 fully saturated rings. The van der Waals surface area contributed by atoms with Crippen molar-refractivity contribution in [3.8, 4) is 11.4 Å². The molecule has 0 spiro atoms. The van der Waals surface area contributed by atoms with E-state index in [4.69, 9.17) is 9.26 Å². The summed E-state index contributed by atoms with van der Waals surface area (Å²) in [5.41, 5.74) is 0.401. The van der Waals surface area contributed by atoms with Crippen LogP contribution < -0.4 is 5.32 Å². The van der Waals surface area contributed by atoms with Crippen LogP contribution in [0.5, 0.6) is 0 Å². The quantitative estimate of drug-likeness (QED) is 0.878. The van der Waals surface area contributed by atoms with E-state index in [0.717, 1.165) is 10.8 Å². The first-order valence-electron chi connectivity index (χ1n) is 7.61. The van der Waals surface area contributed by atoms with Gasteiger partial charge in [0.15, 0.2) is 0 Å². The number of morpholine rings is 1. The maximum Gasteiger partial charge on any atom is 0.257 e. The van der Waals surface area contributed by atoms with E-state index in [9.17, 15) is 8.42 Å². The second-order valence-corrected chi connectivity index (χ2v) is 7.95. The van der Waals surface area contributed by atoms with Gasteiger partial charge in [0.1, 0.15) is 6.10 Å². The lowest BCUT2D eigenvalue weighted by Gasteiger charge is -2.25. The second-order valence-electron chi connectivity index (χ2n) is 5.83. The lowest BCUT2D eigenvalue weighted by molar-refractivity contribution is -0.0438. The lowest BCUT2D eigenvalue weighted by Crippen LogP contribution is -2.39. The summed E-state index contributed by atoms with van der Waals surface area (Å²) in [6.45, 7) is 3.29. The van der Waals surface area contributed by atoms with Crippen molar-refractivity contribution in [1.82, 2.24) is 19.8 Å². The summed E-state index contributed by atoms with van der Waals surface area (Å²) in [7, 11) is -0.646. The number of sulfonamides is 1. The van der Waals surface area contributed by atoms with Crippen LogP contribution in [0.2, 0.25) is 0 Å². The number of ether oxygens (including phenoxy) is 1. The molecular weight excluding hydrogens is 332 g/mol. The molecule has 2 heterocycles. The van der Waals surface area contributed by atoms with Gasteiger partial charge in [0, 0.05) is 32.7 Å². The highest BCUT2D eigenvalue weighted by Crippen LogP contribution is 2.28. The SMILES string of the molecule is C[C@@H]1CNC[C@H](c2nc(-c3ccccc3S(=O)(=O)N(C)C)no2)O1. The minimum absolute atomic E-state index is 0.0421. The molecule has 3 rings (SSSR count). The van der Waals surface area contributed by atoms with Crippen LogP contribution in [-0.4, -0.2) is 56.2 Å². The highest BCUT2D eigenvalue weighted by molar-refractivity contribution is 7.89. The molecule has 9 heteroatoms. The zero-order valence-corrected chi connectivity index (χ0v) is 14.6. The molecule has 0 unspecified atom stereocenters. The van der Waals surface area contributed by atoms with Crippen molar-refractivity contribution in [3.05, 3.63) is 30.2 Å². The van der Waals surface area contributed by atoms with Gasteiger partial charge in [0.2, 0.25) is 15.8 Å². The summed E-state index contributed by atoms with van der Waals surface area (Å²) < 4.78 is 37.2.